The molecule has 29 heavy (non-hydrogen) atoms. The van der Waals surface area contributed by atoms with Gasteiger partial charge >= 0.3 is 0 Å². The number of fused-ring (bicyclic) bond motifs is 1. The molecule has 0 aliphatic heterocycles. The maximum Gasteiger partial charge on any atom is 0.272 e. The average Bonchev–Trinajstić information content (AvgIpc) is 2.59. The molecule has 2 aromatic carbocycles. The fourth-order valence-corrected chi connectivity index (χ4v) is 3.57. The number of hydrogen-bond acceptors (Lipinski definition) is 3. The van der Waals surface area contributed by atoms with E-state index in [1.165, 1.54) is 6.07 Å². The Hall–Kier alpha value is -3.08. The Morgan fingerprint density at radius 3 is 2.24 bits per heavy atom. The van der Waals surface area contributed by atoms with Gasteiger partial charge in [-0.1, -0.05) is 59.7 Å². The summed E-state index contributed by atoms with van der Waals surface area (Å²) in [4.78, 5) is 28.3. The van der Waals surface area contributed by atoms with Gasteiger partial charge in [-0.05, 0) is 34.6 Å². The molecule has 0 atom stereocenters. The first-order chi connectivity index (χ1) is 13.4. The van der Waals surface area contributed by atoms with Crippen LogP contribution in [0.15, 0.2) is 47.3 Å². The van der Waals surface area contributed by atoms with Gasteiger partial charge in [-0.3, -0.25) is 9.59 Å². The van der Waals surface area contributed by atoms with E-state index in [1.54, 1.807) is 24.3 Å². The van der Waals surface area contributed by atoms with E-state index in [2.05, 4.69) is 10.3 Å². The first-order valence-electron chi connectivity index (χ1n) is 9.70. The van der Waals surface area contributed by atoms with Crippen molar-refractivity contribution in [3.8, 4) is 5.75 Å². The van der Waals surface area contributed by atoms with Gasteiger partial charge in [0.1, 0.15) is 11.4 Å². The predicted molar refractivity (Wildman–Crippen MR) is 118 cm³/mol. The maximum atomic E-state index is 12.9. The van der Waals surface area contributed by atoms with Crippen molar-refractivity contribution in [1.82, 2.24) is 4.98 Å². The molecule has 0 saturated carbocycles. The number of aromatic hydroxyl groups is 1. The van der Waals surface area contributed by atoms with Crippen molar-refractivity contribution in [2.75, 3.05) is 5.32 Å². The minimum absolute atomic E-state index is 0.174. The van der Waals surface area contributed by atoms with Crippen molar-refractivity contribution in [2.45, 2.75) is 52.4 Å². The van der Waals surface area contributed by atoms with Crippen molar-refractivity contribution in [1.29, 1.82) is 0 Å². The number of benzene rings is 2. The average molecular weight is 392 g/mol. The third-order valence-corrected chi connectivity index (χ3v) is 4.97. The molecular formula is C24H28N2O3. The lowest BCUT2D eigenvalue weighted by Gasteiger charge is -2.29. The molecule has 0 unspecified atom stereocenters. The number of pyridine rings is 1. The number of para-hydroxylation sites is 1. The molecule has 5 nitrogen and oxygen atoms in total. The van der Waals surface area contributed by atoms with Crippen LogP contribution in [0.2, 0.25) is 0 Å². The zero-order valence-corrected chi connectivity index (χ0v) is 17.8. The van der Waals surface area contributed by atoms with Crippen LogP contribution in [0, 0.1) is 0 Å². The van der Waals surface area contributed by atoms with Crippen molar-refractivity contribution in [3.63, 3.8) is 0 Å². The number of aromatic nitrogens is 1. The highest BCUT2D eigenvalue weighted by molar-refractivity contribution is 6.04. The lowest BCUT2D eigenvalue weighted by molar-refractivity contribution is 0.102. The molecule has 152 valence electrons. The Morgan fingerprint density at radius 1 is 0.966 bits per heavy atom. The second kappa shape index (κ2) is 7.07. The molecule has 3 aromatic rings. The third kappa shape index (κ3) is 4.04. The summed E-state index contributed by atoms with van der Waals surface area (Å²) in [7, 11) is 0. The number of aromatic amines is 1. The number of hydrogen-bond donors (Lipinski definition) is 3. The van der Waals surface area contributed by atoms with Crippen LogP contribution in [0.5, 0.6) is 5.75 Å². The molecule has 0 bridgehead atoms. The molecule has 5 heteroatoms. The van der Waals surface area contributed by atoms with Gasteiger partial charge in [0.25, 0.3) is 5.91 Å². The van der Waals surface area contributed by atoms with Crippen molar-refractivity contribution >= 4 is 22.5 Å². The summed E-state index contributed by atoms with van der Waals surface area (Å²) in [5.41, 5.74) is 1.94. The highest BCUT2D eigenvalue weighted by Crippen LogP contribution is 2.43. The number of H-pyrrole nitrogens is 1. The van der Waals surface area contributed by atoms with Crippen LogP contribution in [-0.2, 0) is 10.8 Å². The molecular weight excluding hydrogens is 364 g/mol. The second-order valence-corrected chi connectivity index (χ2v) is 9.43. The number of carbonyl (C=O) groups excluding carboxylic acids is 1. The van der Waals surface area contributed by atoms with Crippen LogP contribution in [0.4, 0.5) is 5.69 Å². The normalized spacial score (nSPS) is 12.2. The summed E-state index contributed by atoms with van der Waals surface area (Å²) in [5.74, 6) is -0.240. The highest BCUT2D eigenvalue weighted by atomic mass is 16.3. The fraction of sp³-hybridized carbons (Fsp3) is 0.333. The van der Waals surface area contributed by atoms with E-state index in [1.807, 2.05) is 53.7 Å². The number of carbonyl (C=O) groups is 1. The van der Waals surface area contributed by atoms with Crippen molar-refractivity contribution in [2.24, 2.45) is 0 Å². The fourth-order valence-electron chi connectivity index (χ4n) is 3.57. The largest absolute Gasteiger partial charge is 0.507 e. The minimum Gasteiger partial charge on any atom is -0.507 e. The molecule has 3 rings (SSSR count). The topological polar surface area (TPSA) is 82.2 Å². The maximum absolute atomic E-state index is 12.9. The first kappa shape index (κ1) is 20.6. The van der Waals surface area contributed by atoms with Crippen LogP contribution in [0.1, 0.15) is 63.2 Å². The van der Waals surface area contributed by atoms with E-state index in [0.29, 0.717) is 22.2 Å². The Bertz CT molecular complexity index is 1150. The molecule has 1 amide bonds. The minimum atomic E-state index is -0.429. The van der Waals surface area contributed by atoms with Gasteiger partial charge in [0.2, 0.25) is 0 Å². The standard InChI is InChI=1S/C24H28N2O3/c1-23(2,3)15-11-12-17(20(21(15)28)24(4,5)6)26-22(29)18-13-19(27)14-9-7-8-10-16(14)25-18/h7-13,28H,1-6H3,(H,25,27)(H,26,29). The number of rotatable bonds is 2. The Labute approximate surface area is 170 Å². The van der Waals surface area contributed by atoms with Gasteiger partial charge in [-0.25, -0.2) is 0 Å². The van der Waals surface area contributed by atoms with Gasteiger partial charge in [0, 0.05) is 28.2 Å². The SMILES string of the molecule is CC(C)(C)c1ccc(NC(=O)c2cc(=O)c3ccccc3[nH]2)c(C(C)(C)C)c1O. The number of phenolic OH excluding ortho intramolecular Hbond substituents is 1. The Kier molecular flexibility index (Phi) is 5.03. The third-order valence-electron chi connectivity index (χ3n) is 4.97. The Balaban J connectivity index is 2.07. The Morgan fingerprint density at radius 2 is 1.62 bits per heavy atom. The van der Waals surface area contributed by atoms with E-state index in [9.17, 15) is 14.7 Å². The summed E-state index contributed by atoms with van der Waals surface area (Å²) < 4.78 is 0. The predicted octanol–water partition coefficient (Wildman–Crippen LogP) is 5.08. The molecule has 0 spiro atoms. The van der Waals surface area contributed by atoms with Crippen LogP contribution < -0.4 is 10.7 Å². The van der Waals surface area contributed by atoms with Gasteiger partial charge in [0.05, 0.1) is 0 Å². The van der Waals surface area contributed by atoms with Gasteiger partial charge in [-0.2, -0.15) is 0 Å². The lowest BCUT2D eigenvalue weighted by Crippen LogP contribution is -2.22. The van der Waals surface area contributed by atoms with Gasteiger partial charge in [0.15, 0.2) is 5.43 Å². The molecule has 0 aliphatic carbocycles. The summed E-state index contributed by atoms with van der Waals surface area (Å²) in [6.45, 7) is 12.1. The van der Waals surface area contributed by atoms with Crippen LogP contribution in [-0.4, -0.2) is 16.0 Å². The van der Waals surface area contributed by atoms with Crippen LogP contribution in [0.25, 0.3) is 10.9 Å². The van der Waals surface area contributed by atoms with E-state index in [0.717, 1.165) is 5.56 Å². The van der Waals surface area contributed by atoms with Gasteiger partial charge < -0.3 is 15.4 Å². The molecule has 0 saturated heterocycles. The second-order valence-electron chi connectivity index (χ2n) is 9.43. The smallest absolute Gasteiger partial charge is 0.272 e. The lowest BCUT2D eigenvalue weighted by atomic mass is 9.78. The number of phenols is 1. The summed E-state index contributed by atoms with van der Waals surface area (Å²) >= 11 is 0. The van der Waals surface area contributed by atoms with Crippen molar-refractivity contribution in [3.05, 3.63) is 69.5 Å². The molecule has 0 aliphatic rings. The first-order valence-corrected chi connectivity index (χ1v) is 9.70. The number of nitrogens with one attached hydrogen (secondary N) is 2. The monoisotopic (exact) mass is 392 g/mol. The quantitative estimate of drug-likeness (QED) is 0.569. The van der Waals surface area contributed by atoms with Gasteiger partial charge in [-0.15, -0.1) is 0 Å². The number of amides is 1. The summed E-state index contributed by atoms with van der Waals surface area (Å²) in [5, 5.41) is 14.4. The van der Waals surface area contributed by atoms with Crippen molar-refractivity contribution < 1.29 is 9.90 Å². The van der Waals surface area contributed by atoms with E-state index in [4.69, 9.17) is 0 Å². The molecule has 1 aromatic heterocycles. The molecule has 1 heterocycles. The zero-order chi connectivity index (χ0) is 21.6. The molecule has 0 fully saturated rings. The van der Waals surface area contributed by atoms with Crippen LogP contribution in [0.3, 0.4) is 0 Å². The number of anilines is 1. The summed E-state index contributed by atoms with van der Waals surface area (Å²) in [6.07, 6.45) is 0. The van der Waals surface area contributed by atoms with Crippen LogP contribution >= 0.6 is 0 Å². The summed E-state index contributed by atoms with van der Waals surface area (Å²) in [6, 6.07) is 12.0. The van der Waals surface area contributed by atoms with E-state index >= 15 is 0 Å². The zero-order valence-electron chi connectivity index (χ0n) is 17.8. The molecule has 3 N–H and O–H groups in total. The van der Waals surface area contributed by atoms with E-state index < -0.39 is 11.3 Å². The van der Waals surface area contributed by atoms with E-state index in [-0.39, 0.29) is 22.3 Å². The molecule has 0 radical (unpaired) electrons. The highest BCUT2D eigenvalue weighted by Gasteiger charge is 2.29.